The molecule has 0 radical (unpaired) electrons. The van der Waals surface area contributed by atoms with E-state index in [2.05, 4.69) is 20.7 Å². The Bertz CT molecular complexity index is 1530. The Kier molecular flexibility index (Phi) is 9.31. The topological polar surface area (TPSA) is 86.3 Å². The first-order chi connectivity index (χ1) is 21.1. The summed E-state index contributed by atoms with van der Waals surface area (Å²) in [7, 11) is 0. The molecule has 11 heteroatoms. The zero-order chi connectivity index (χ0) is 29.4. The third-order valence-electron chi connectivity index (χ3n) is 7.26. The number of ether oxygens (including phenoxy) is 5. The van der Waals surface area contributed by atoms with Crippen molar-refractivity contribution in [3.63, 3.8) is 0 Å². The number of halogens is 2. The molecule has 0 saturated carbocycles. The first-order valence-corrected chi connectivity index (χ1v) is 14.5. The smallest absolute Gasteiger partial charge is 0.204 e. The molecular weight excluding hydrogens is 558 g/mol. The Balaban J connectivity index is 1.12. The van der Waals surface area contributed by atoms with Crippen molar-refractivity contribution < 1.29 is 32.5 Å². The SMILES string of the molecule is Fc1ccc(CCNNc2ccc(Oc3ccnc4cc(OCCCN5CCOCC5)c5c(c34)OCCO5)c(F)c2)cc1. The second-order valence-corrected chi connectivity index (χ2v) is 10.3. The molecular formula is C32H34F2N4O5. The lowest BCUT2D eigenvalue weighted by Crippen LogP contribution is -2.37. The fourth-order valence-electron chi connectivity index (χ4n) is 5.06. The summed E-state index contributed by atoms with van der Waals surface area (Å²) in [6.07, 6.45) is 3.15. The van der Waals surface area contributed by atoms with Crippen molar-refractivity contribution in [2.24, 2.45) is 0 Å². The number of aromatic nitrogens is 1. The third-order valence-corrected chi connectivity index (χ3v) is 7.26. The van der Waals surface area contributed by atoms with Gasteiger partial charge in [-0.3, -0.25) is 9.88 Å². The van der Waals surface area contributed by atoms with Gasteiger partial charge < -0.3 is 29.1 Å². The van der Waals surface area contributed by atoms with Crippen LogP contribution in [0.5, 0.6) is 28.7 Å². The molecule has 1 fully saturated rings. The van der Waals surface area contributed by atoms with Crippen LogP contribution >= 0.6 is 0 Å². The lowest BCUT2D eigenvalue weighted by Gasteiger charge is -2.26. The predicted molar refractivity (Wildman–Crippen MR) is 158 cm³/mol. The van der Waals surface area contributed by atoms with Gasteiger partial charge in [-0.2, -0.15) is 0 Å². The highest BCUT2D eigenvalue weighted by molar-refractivity contribution is 5.95. The maximum Gasteiger partial charge on any atom is 0.204 e. The summed E-state index contributed by atoms with van der Waals surface area (Å²) >= 11 is 0. The number of anilines is 1. The lowest BCUT2D eigenvalue weighted by atomic mass is 10.1. The monoisotopic (exact) mass is 592 g/mol. The Morgan fingerprint density at radius 1 is 0.860 bits per heavy atom. The van der Waals surface area contributed by atoms with Crippen molar-refractivity contribution in [3.8, 4) is 28.7 Å². The molecule has 2 aliphatic rings. The molecule has 0 spiro atoms. The van der Waals surface area contributed by atoms with Crippen molar-refractivity contribution in [2.45, 2.75) is 12.8 Å². The van der Waals surface area contributed by atoms with E-state index in [4.69, 9.17) is 23.7 Å². The van der Waals surface area contributed by atoms with E-state index in [-0.39, 0.29) is 11.6 Å². The number of benzene rings is 3. The van der Waals surface area contributed by atoms with Gasteiger partial charge in [-0.15, -0.1) is 0 Å². The minimum Gasteiger partial charge on any atom is -0.489 e. The molecule has 2 aliphatic heterocycles. The van der Waals surface area contributed by atoms with E-state index < -0.39 is 5.82 Å². The van der Waals surface area contributed by atoms with E-state index in [1.807, 2.05) is 6.07 Å². The molecule has 0 atom stereocenters. The van der Waals surface area contributed by atoms with E-state index in [0.29, 0.717) is 72.4 Å². The van der Waals surface area contributed by atoms with Crippen LogP contribution in [-0.4, -0.2) is 69.1 Å². The molecule has 0 aliphatic carbocycles. The highest BCUT2D eigenvalue weighted by Gasteiger charge is 2.25. The molecule has 4 aromatic rings. The summed E-state index contributed by atoms with van der Waals surface area (Å²) < 4.78 is 57.8. The molecule has 0 bridgehead atoms. The number of hydrogen-bond acceptors (Lipinski definition) is 9. The summed E-state index contributed by atoms with van der Waals surface area (Å²) in [4.78, 5) is 6.87. The summed E-state index contributed by atoms with van der Waals surface area (Å²) in [5.41, 5.74) is 8.16. The van der Waals surface area contributed by atoms with Crippen molar-refractivity contribution >= 4 is 16.6 Å². The van der Waals surface area contributed by atoms with Crippen LogP contribution < -0.4 is 29.8 Å². The molecule has 3 heterocycles. The van der Waals surface area contributed by atoms with Crippen LogP contribution in [0.4, 0.5) is 14.5 Å². The largest absolute Gasteiger partial charge is 0.489 e. The maximum atomic E-state index is 15.1. The fourth-order valence-corrected chi connectivity index (χ4v) is 5.06. The first kappa shape index (κ1) is 28.9. The highest BCUT2D eigenvalue weighted by atomic mass is 19.1. The number of nitrogens with zero attached hydrogens (tertiary/aromatic N) is 2. The molecule has 3 aromatic carbocycles. The van der Waals surface area contributed by atoms with Gasteiger partial charge in [0.2, 0.25) is 5.75 Å². The zero-order valence-corrected chi connectivity index (χ0v) is 23.7. The van der Waals surface area contributed by atoms with Gasteiger partial charge in [0.15, 0.2) is 23.1 Å². The maximum absolute atomic E-state index is 15.1. The van der Waals surface area contributed by atoms with Gasteiger partial charge in [0.1, 0.15) is 24.8 Å². The van der Waals surface area contributed by atoms with Gasteiger partial charge in [0.25, 0.3) is 0 Å². The Morgan fingerprint density at radius 3 is 2.49 bits per heavy atom. The van der Waals surface area contributed by atoms with Crippen molar-refractivity contribution in [1.29, 1.82) is 0 Å². The van der Waals surface area contributed by atoms with Crippen LogP contribution in [0.3, 0.4) is 0 Å². The number of morpholine rings is 1. The average Bonchev–Trinajstić information content (AvgIpc) is 3.04. The molecule has 9 nitrogen and oxygen atoms in total. The van der Waals surface area contributed by atoms with Gasteiger partial charge in [0, 0.05) is 44.5 Å². The second kappa shape index (κ2) is 13.9. The number of fused-ring (bicyclic) bond motifs is 3. The summed E-state index contributed by atoms with van der Waals surface area (Å²) in [6.45, 7) is 6.17. The van der Waals surface area contributed by atoms with Crippen LogP contribution in [0.1, 0.15) is 12.0 Å². The Morgan fingerprint density at radius 2 is 1.67 bits per heavy atom. The number of hydrazine groups is 1. The van der Waals surface area contributed by atoms with Crippen molar-refractivity contribution in [3.05, 3.63) is 78.0 Å². The normalized spacial score (nSPS) is 14.9. The zero-order valence-electron chi connectivity index (χ0n) is 23.7. The predicted octanol–water partition coefficient (Wildman–Crippen LogP) is 5.34. The number of pyridine rings is 1. The quantitative estimate of drug-likeness (QED) is 0.167. The van der Waals surface area contributed by atoms with E-state index in [1.165, 1.54) is 18.2 Å². The molecule has 43 heavy (non-hydrogen) atoms. The van der Waals surface area contributed by atoms with E-state index in [0.717, 1.165) is 44.8 Å². The Labute approximate surface area is 248 Å². The molecule has 0 amide bonds. The number of hydrogen-bond donors (Lipinski definition) is 2. The Hall–Kier alpha value is -4.19. The molecule has 226 valence electrons. The number of nitrogens with one attached hydrogen (secondary N) is 2. The van der Waals surface area contributed by atoms with E-state index >= 15 is 4.39 Å². The fraction of sp³-hybridized carbons (Fsp3) is 0.344. The van der Waals surface area contributed by atoms with Gasteiger partial charge in [-0.25, -0.2) is 14.2 Å². The summed E-state index contributed by atoms with van der Waals surface area (Å²) in [5, 5.41) is 0.585. The van der Waals surface area contributed by atoms with E-state index in [9.17, 15) is 4.39 Å². The molecule has 6 rings (SSSR count). The molecule has 0 unspecified atom stereocenters. The van der Waals surface area contributed by atoms with E-state index in [1.54, 1.807) is 36.5 Å². The van der Waals surface area contributed by atoms with Gasteiger partial charge >= 0.3 is 0 Å². The first-order valence-electron chi connectivity index (χ1n) is 14.5. The van der Waals surface area contributed by atoms with Crippen molar-refractivity contribution in [1.82, 2.24) is 15.3 Å². The minimum atomic E-state index is -0.540. The van der Waals surface area contributed by atoms with Crippen LogP contribution in [-0.2, 0) is 11.2 Å². The van der Waals surface area contributed by atoms with Crippen LogP contribution in [0.15, 0.2) is 60.8 Å². The molecule has 1 aromatic heterocycles. The van der Waals surface area contributed by atoms with Crippen LogP contribution in [0.25, 0.3) is 10.9 Å². The summed E-state index contributed by atoms with van der Waals surface area (Å²) in [6, 6.07) is 14.4. The van der Waals surface area contributed by atoms with Gasteiger partial charge in [0.05, 0.1) is 36.4 Å². The van der Waals surface area contributed by atoms with Gasteiger partial charge in [-0.05, 0) is 48.7 Å². The average molecular weight is 593 g/mol. The second-order valence-electron chi connectivity index (χ2n) is 10.3. The molecule has 2 N–H and O–H groups in total. The van der Waals surface area contributed by atoms with Crippen LogP contribution in [0, 0.1) is 11.6 Å². The summed E-state index contributed by atoms with van der Waals surface area (Å²) in [5.74, 6) is 1.16. The van der Waals surface area contributed by atoms with Gasteiger partial charge in [-0.1, -0.05) is 12.1 Å². The molecule has 1 saturated heterocycles. The minimum absolute atomic E-state index is 0.0540. The van der Waals surface area contributed by atoms with Crippen molar-refractivity contribution in [2.75, 3.05) is 64.6 Å². The number of rotatable bonds is 12. The lowest BCUT2D eigenvalue weighted by molar-refractivity contribution is 0.0357. The third kappa shape index (κ3) is 7.24. The highest BCUT2D eigenvalue weighted by Crippen LogP contribution is 2.48. The van der Waals surface area contributed by atoms with Crippen LogP contribution in [0.2, 0.25) is 0 Å². The standard InChI is InChI=1S/C32H34F2N4O5/c33-23-4-2-22(3-5-23)8-11-36-37-24-6-7-27(25(34)20-24)43-28-9-10-35-26-21-29(31-32(30(26)28)42-19-18-41-31)40-15-1-12-38-13-16-39-17-14-38/h2-7,9-10,20-21,36-37H,1,8,11-19H2.